The van der Waals surface area contributed by atoms with Gasteiger partial charge in [-0.1, -0.05) is 12.1 Å². The van der Waals surface area contributed by atoms with Gasteiger partial charge >= 0.3 is 23.7 Å². The van der Waals surface area contributed by atoms with Crippen LogP contribution in [0.5, 0.6) is 5.75 Å². The van der Waals surface area contributed by atoms with E-state index in [1.165, 1.54) is 49.8 Å². The molecule has 13 heteroatoms. The summed E-state index contributed by atoms with van der Waals surface area (Å²) in [5, 5.41) is 13.9. The Kier molecular flexibility index (Phi) is 6.14. The largest absolute Gasteiger partial charge is 0.463 e. The zero-order chi connectivity index (χ0) is 25.1. The summed E-state index contributed by atoms with van der Waals surface area (Å²) < 4.78 is 20.0. The first kappa shape index (κ1) is 23.0. The van der Waals surface area contributed by atoms with E-state index in [2.05, 4.69) is 10.1 Å². The highest BCUT2D eigenvalue weighted by molar-refractivity contribution is 6.14. The molecule has 0 radical (unpaired) electrons. The molecule has 0 spiro atoms. The van der Waals surface area contributed by atoms with Gasteiger partial charge in [0.2, 0.25) is 17.3 Å². The second kappa shape index (κ2) is 9.35. The Morgan fingerprint density at radius 1 is 1.11 bits per heavy atom. The molecule has 0 aliphatic carbocycles. The van der Waals surface area contributed by atoms with Crippen LogP contribution in [-0.2, 0) is 16.1 Å². The number of rotatable bonds is 7. The third-order valence-electron chi connectivity index (χ3n) is 4.76. The van der Waals surface area contributed by atoms with Crippen molar-refractivity contribution in [3.63, 3.8) is 0 Å². The molecule has 13 nitrogen and oxygen atoms in total. The molecule has 0 bridgehead atoms. The maximum Gasteiger partial charge on any atom is 0.379 e. The van der Waals surface area contributed by atoms with Crippen LogP contribution in [0.4, 0.5) is 10.5 Å². The van der Waals surface area contributed by atoms with Gasteiger partial charge in [-0.2, -0.15) is 0 Å². The molecule has 0 atom stereocenters. The third-order valence-corrected chi connectivity index (χ3v) is 4.76. The second-order valence-corrected chi connectivity index (χ2v) is 6.96. The van der Waals surface area contributed by atoms with Crippen LogP contribution < -0.4 is 10.1 Å². The Balaban J connectivity index is 1.62. The molecular weight excluding hydrogens is 466 g/mol. The number of imide groups is 1. The first-order chi connectivity index (χ1) is 16.8. The number of benzene rings is 1. The van der Waals surface area contributed by atoms with Gasteiger partial charge in [0.25, 0.3) is 5.91 Å². The maximum atomic E-state index is 12.8. The number of methoxy groups -OCH3 is 1. The van der Waals surface area contributed by atoms with E-state index >= 15 is 0 Å². The summed E-state index contributed by atoms with van der Waals surface area (Å²) in [6.45, 7) is -0.297. The van der Waals surface area contributed by atoms with E-state index in [4.69, 9.17) is 13.6 Å². The van der Waals surface area contributed by atoms with Gasteiger partial charge in [0.15, 0.2) is 0 Å². The molecule has 4 rings (SSSR count). The Morgan fingerprint density at radius 3 is 2.60 bits per heavy atom. The number of nitro benzene ring substituents is 1. The number of nitro groups is 1. The number of esters is 2. The van der Waals surface area contributed by atoms with E-state index in [0.29, 0.717) is 0 Å². The zero-order valence-electron chi connectivity index (χ0n) is 17.9. The minimum absolute atomic E-state index is 0.0180. The smallest absolute Gasteiger partial charge is 0.379 e. The van der Waals surface area contributed by atoms with E-state index in [1.54, 1.807) is 0 Å². The van der Waals surface area contributed by atoms with Gasteiger partial charge in [0.1, 0.15) is 11.5 Å². The average Bonchev–Trinajstić information content (AvgIpc) is 3.58. The molecule has 1 N–H and O–H groups in total. The molecule has 3 heterocycles. The molecule has 1 aromatic carbocycles. The number of carbonyl (C=O) groups is 4. The van der Waals surface area contributed by atoms with E-state index in [0.717, 1.165) is 17.0 Å². The van der Waals surface area contributed by atoms with Crippen molar-refractivity contribution in [1.82, 2.24) is 10.2 Å². The molecule has 178 valence electrons. The Hall–Kier alpha value is -5.20. The van der Waals surface area contributed by atoms with Crippen LogP contribution in [0.2, 0.25) is 0 Å². The maximum absolute atomic E-state index is 12.8. The van der Waals surface area contributed by atoms with Crippen LogP contribution in [-0.4, -0.2) is 40.8 Å². The van der Waals surface area contributed by atoms with Crippen molar-refractivity contribution in [1.29, 1.82) is 0 Å². The number of amides is 3. The van der Waals surface area contributed by atoms with Gasteiger partial charge in [-0.25, -0.2) is 14.4 Å². The molecule has 1 aliphatic heterocycles. The number of hydrogen-bond acceptors (Lipinski definition) is 10. The fourth-order valence-electron chi connectivity index (χ4n) is 3.15. The van der Waals surface area contributed by atoms with Crippen LogP contribution in [0, 0.1) is 10.1 Å². The first-order valence-corrected chi connectivity index (χ1v) is 9.83. The topological polar surface area (TPSA) is 171 Å². The van der Waals surface area contributed by atoms with Gasteiger partial charge < -0.3 is 23.6 Å². The second-order valence-electron chi connectivity index (χ2n) is 6.96. The van der Waals surface area contributed by atoms with Gasteiger partial charge in [0.05, 0.1) is 24.8 Å². The number of nitrogens with zero attached hydrogens (tertiary/aromatic N) is 2. The fourth-order valence-corrected chi connectivity index (χ4v) is 3.15. The minimum Gasteiger partial charge on any atom is -0.463 e. The summed E-state index contributed by atoms with van der Waals surface area (Å²) in [6.07, 6.45) is 2.37. The third kappa shape index (κ3) is 4.64. The highest BCUT2D eigenvalue weighted by Gasteiger charge is 2.35. The fraction of sp³-hybridized carbons (Fsp3) is 0.0909. The summed E-state index contributed by atoms with van der Waals surface area (Å²) in [5.41, 5.74) is -0.792. The molecule has 35 heavy (non-hydrogen) atoms. The average molecular weight is 481 g/mol. The molecule has 2 aromatic heterocycles. The van der Waals surface area contributed by atoms with E-state index < -0.39 is 40.2 Å². The monoisotopic (exact) mass is 481 g/mol. The van der Waals surface area contributed by atoms with Crippen molar-refractivity contribution in [3.8, 4) is 5.75 Å². The number of furan rings is 2. The van der Waals surface area contributed by atoms with Crippen molar-refractivity contribution in [2.75, 3.05) is 7.11 Å². The van der Waals surface area contributed by atoms with E-state index in [1.807, 2.05) is 0 Å². The number of carbonyl (C=O) groups excluding carboxylic acids is 4. The van der Waals surface area contributed by atoms with Crippen molar-refractivity contribution >= 4 is 35.6 Å². The lowest BCUT2D eigenvalue weighted by Crippen LogP contribution is -2.30. The first-order valence-electron chi connectivity index (χ1n) is 9.83. The van der Waals surface area contributed by atoms with Crippen LogP contribution in [0.1, 0.15) is 32.4 Å². The van der Waals surface area contributed by atoms with Crippen LogP contribution >= 0.6 is 0 Å². The normalized spacial score (nSPS) is 14.2. The summed E-state index contributed by atoms with van der Waals surface area (Å²) >= 11 is 0. The van der Waals surface area contributed by atoms with Crippen molar-refractivity contribution in [2.24, 2.45) is 0 Å². The van der Waals surface area contributed by atoms with Crippen LogP contribution in [0.25, 0.3) is 6.08 Å². The lowest BCUT2D eigenvalue weighted by molar-refractivity contribution is -0.385. The molecule has 0 saturated carbocycles. The molecule has 0 unspecified atom stereocenters. The van der Waals surface area contributed by atoms with E-state index in [9.17, 15) is 29.3 Å². The summed E-state index contributed by atoms with van der Waals surface area (Å²) in [7, 11) is 1.17. The van der Waals surface area contributed by atoms with Crippen molar-refractivity contribution in [2.45, 2.75) is 6.54 Å². The molecule has 1 saturated heterocycles. The number of urea groups is 1. The van der Waals surface area contributed by atoms with Crippen molar-refractivity contribution in [3.05, 3.63) is 87.4 Å². The molecule has 3 aromatic rings. The Morgan fingerprint density at radius 2 is 1.91 bits per heavy atom. The predicted octanol–water partition coefficient (Wildman–Crippen LogP) is 2.88. The number of ether oxygens (including phenoxy) is 2. The Bertz CT molecular complexity index is 1370. The highest BCUT2D eigenvalue weighted by Crippen LogP contribution is 2.33. The van der Waals surface area contributed by atoms with Gasteiger partial charge in [-0.3, -0.25) is 19.8 Å². The van der Waals surface area contributed by atoms with Crippen molar-refractivity contribution < 1.29 is 42.4 Å². The van der Waals surface area contributed by atoms with E-state index in [-0.39, 0.29) is 35.1 Å². The molecular formula is C22H15N3O10. The standard InChI is InChI=1S/C22H15N3O10/c1-32-20(27)17-8-7-13(34-17)11-24-19(26)14(23-22(24)29)10-12-4-2-5-15(25(30)31)18(12)35-21(28)16-6-3-9-33-16/h2-10H,11H2,1H3,(H,23,29). The molecule has 1 aliphatic rings. The molecule has 1 fully saturated rings. The number of nitrogens with one attached hydrogen (secondary N) is 1. The Labute approximate surface area is 195 Å². The lowest BCUT2D eigenvalue weighted by Gasteiger charge is -2.09. The van der Waals surface area contributed by atoms with Gasteiger partial charge in [-0.15, -0.1) is 0 Å². The highest BCUT2D eigenvalue weighted by atomic mass is 16.6. The zero-order valence-corrected chi connectivity index (χ0v) is 17.9. The summed E-state index contributed by atoms with van der Waals surface area (Å²) in [5.74, 6) is -3.10. The molecule has 3 amide bonds. The summed E-state index contributed by atoms with van der Waals surface area (Å²) in [6, 6.07) is 8.50. The quantitative estimate of drug-likeness (QED) is 0.132. The minimum atomic E-state index is -0.994. The predicted molar refractivity (Wildman–Crippen MR) is 114 cm³/mol. The number of para-hydroxylation sites is 1. The lowest BCUT2D eigenvalue weighted by atomic mass is 10.1. The van der Waals surface area contributed by atoms with Gasteiger partial charge in [0, 0.05) is 11.6 Å². The van der Waals surface area contributed by atoms with Crippen LogP contribution in [0.15, 0.2) is 63.3 Å². The van der Waals surface area contributed by atoms with Crippen LogP contribution in [0.3, 0.4) is 0 Å². The van der Waals surface area contributed by atoms with Gasteiger partial charge in [-0.05, 0) is 30.3 Å². The summed E-state index contributed by atoms with van der Waals surface area (Å²) in [4.78, 5) is 60.7. The number of hydrogen-bond donors (Lipinski definition) is 1. The SMILES string of the molecule is COC(=O)c1ccc(CN2C(=O)NC(=Cc3cccc([N+](=O)[O-])c3OC(=O)c3ccco3)C2=O)o1.